The number of amides is 6. The van der Waals surface area contributed by atoms with E-state index in [1.54, 1.807) is 6.92 Å². The van der Waals surface area contributed by atoms with E-state index in [-0.39, 0.29) is 67.8 Å². The lowest BCUT2D eigenvalue weighted by atomic mass is 9.97. The zero-order valence-corrected chi connectivity index (χ0v) is 40.1. The van der Waals surface area contributed by atoms with Crippen molar-refractivity contribution >= 4 is 53.5 Å². The third-order valence-electron chi connectivity index (χ3n) is 10.4. The normalized spacial score (nSPS) is 13.2. The van der Waals surface area contributed by atoms with Gasteiger partial charge in [-0.3, -0.25) is 33.7 Å². The molecule has 3 aromatic carbocycles. The van der Waals surface area contributed by atoms with Crippen molar-refractivity contribution in [1.82, 2.24) is 36.8 Å². The fourth-order valence-corrected chi connectivity index (χ4v) is 7.15. The summed E-state index contributed by atoms with van der Waals surface area (Å²) in [7, 11) is 0. The van der Waals surface area contributed by atoms with Crippen molar-refractivity contribution < 1.29 is 38.7 Å². The molecular formula is C49H71N7O8S. The molecule has 65 heavy (non-hydrogen) atoms. The van der Waals surface area contributed by atoms with Gasteiger partial charge in [-0.1, -0.05) is 107 Å². The Bertz CT molecular complexity index is 1950. The van der Waals surface area contributed by atoms with Crippen LogP contribution in [-0.2, 0) is 53.1 Å². The molecule has 3 aromatic rings. The fourth-order valence-electron chi connectivity index (χ4n) is 6.58. The topological polar surface area (TPSA) is 215 Å². The summed E-state index contributed by atoms with van der Waals surface area (Å²) in [6, 6.07) is 21.7. The third kappa shape index (κ3) is 21.8. The lowest BCUT2D eigenvalue weighted by Gasteiger charge is -2.26. The largest absolute Gasteiger partial charge is 0.393 e. The summed E-state index contributed by atoms with van der Waals surface area (Å²) >= 11 is 1.39. The average Bonchev–Trinajstić information content (AvgIpc) is 3.27. The van der Waals surface area contributed by atoms with Gasteiger partial charge < -0.3 is 41.8 Å². The Morgan fingerprint density at radius 1 is 0.692 bits per heavy atom. The number of aliphatic hydroxyl groups excluding tert-OH is 1. The summed E-state index contributed by atoms with van der Waals surface area (Å²) in [5, 5.41) is 27.5. The molecule has 0 heterocycles. The monoisotopic (exact) mass is 918 g/mol. The van der Waals surface area contributed by atoms with E-state index < -0.39 is 42.0 Å². The lowest BCUT2D eigenvalue weighted by molar-refractivity contribution is -0.134. The fraction of sp³-hybridized carbons (Fsp3) is 0.490. The van der Waals surface area contributed by atoms with Crippen molar-refractivity contribution in [3.63, 3.8) is 0 Å². The molecule has 0 aliphatic heterocycles. The Hall–Kier alpha value is -5.58. The first kappa shape index (κ1) is 55.6. The Balaban J connectivity index is 0.00000470. The SMILES string of the molecule is CC=O.CCCN(CCNC(C)=O)CC(=O)NCc1cccc(CNC(=O)[C@H](C[C@@H](C)O)NC(=O)[C@H](Cc2ccc(-c3ccccc3)cc2)NC(=O)[C@H](CSC)NC(=O)[C@@H](C)C(C)C)c1. The summed E-state index contributed by atoms with van der Waals surface area (Å²) in [6.45, 7) is 14.4. The highest BCUT2D eigenvalue weighted by Crippen LogP contribution is 2.20. The van der Waals surface area contributed by atoms with Crippen LogP contribution >= 0.6 is 11.8 Å². The molecule has 0 spiro atoms. The molecule has 7 N–H and O–H groups in total. The smallest absolute Gasteiger partial charge is 0.244 e. The number of aldehydes is 1. The van der Waals surface area contributed by atoms with Crippen molar-refractivity contribution in [3.8, 4) is 11.1 Å². The number of hydrogen-bond acceptors (Lipinski definition) is 10. The maximum Gasteiger partial charge on any atom is 0.244 e. The third-order valence-corrected chi connectivity index (χ3v) is 11.0. The van der Waals surface area contributed by atoms with Crippen molar-refractivity contribution in [2.45, 2.75) is 105 Å². The van der Waals surface area contributed by atoms with Gasteiger partial charge in [0.25, 0.3) is 0 Å². The van der Waals surface area contributed by atoms with Gasteiger partial charge in [-0.05, 0) is 66.8 Å². The molecule has 356 valence electrons. The Morgan fingerprint density at radius 2 is 1.26 bits per heavy atom. The summed E-state index contributed by atoms with van der Waals surface area (Å²) in [4.78, 5) is 89.5. The first-order valence-electron chi connectivity index (χ1n) is 22.2. The minimum Gasteiger partial charge on any atom is -0.393 e. The molecule has 6 amide bonds. The van der Waals surface area contributed by atoms with Crippen molar-refractivity contribution in [2.24, 2.45) is 11.8 Å². The van der Waals surface area contributed by atoms with E-state index in [2.05, 4.69) is 31.9 Å². The minimum absolute atomic E-state index is 0.0559. The Morgan fingerprint density at radius 3 is 1.83 bits per heavy atom. The standard InChI is InChI=1S/C47H67N7O7S.C2H4O/c1-8-22-54(23-21-48-34(6)56)29-43(57)49-27-36-13-12-14-37(25-36)28-50-45(59)40(24-32(4)55)51-46(60)41(26-35-17-19-39(20-18-35)38-15-10-9-11-16-38)52-47(61)42(30-62-7)53-44(58)33(5)31(2)3;1-2-3/h9-20,25,31-33,40-42,55H,8,21-24,26-30H2,1-7H3,(H,48,56)(H,49,57)(H,50,59)(H,51,60)(H,52,61)(H,53,58);2H,1H3/t32-,33+,40+,41+,42+;/m1./s1. The van der Waals surface area contributed by atoms with Crippen LogP contribution < -0.4 is 31.9 Å². The van der Waals surface area contributed by atoms with Crippen molar-refractivity contribution in [2.75, 3.05) is 38.2 Å². The second kappa shape index (κ2) is 30.5. The predicted octanol–water partition coefficient (Wildman–Crippen LogP) is 3.76. The maximum absolute atomic E-state index is 14.2. The molecule has 0 aliphatic rings. The Kier molecular flexibility index (Phi) is 26.1. The van der Waals surface area contributed by atoms with E-state index in [1.807, 2.05) is 111 Å². The number of rotatable bonds is 26. The van der Waals surface area contributed by atoms with Crippen LogP contribution in [0.4, 0.5) is 0 Å². The molecular weight excluding hydrogens is 847 g/mol. The van der Waals surface area contributed by atoms with Gasteiger partial charge >= 0.3 is 0 Å². The maximum atomic E-state index is 14.2. The molecule has 15 nitrogen and oxygen atoms in total. The number of carbonyl (C=O) groups excluding carboxylic acids is 7. The first-order chi connectivity index (χ1) is 31.0. The van der Waals surface area contributed by atoms with Crippen LogP contribution in [0.5, 0.6) is 0 Å². The second-order valence-corrected chi connectivity index (χ2v) is 17.2. The van der Waals surface area contributed by atoms with E-state index in [9.17, 15) is 33.9 Å². The van der Waals surface area contributed by atoms with Gasteiger partial charge in [-0.25, -0.2) is 0 Å². The van der Waals surface area contributed by atoms with Gasteiger partial charge in [-0.15, -0.1) is 0 Å². The van der Waals surface area contributed by atoms with E-state index in [0.29, 0.717) is 19.6 Å². The van der Waals surface area contributed by atoms with Crippen LogP contribution in [0.1, 0.15) is 78.0 Å². The van der Waals surface area contributed by atoms with Crippen LogP contribution in [-0.4, -0.2) is 114 Å². The summed E-state index contributed by atoms with van der Waals surface area (Å²) < 4.78 is 0. The van der Waals surface area contributed by atoms with Crippen LogP contribution in [0.2, 0.25) is 0 Å². The highest BCUT2D eigenvalue weighted by atomic mass is 32.2. The Labute approximate surface area is 389 Å². The summed E-state index contributed by atoms with van der Waals surface area (Å²) in [5.74, 6) is -2.21. The second-order valence-electron chi connectivity index (χ2n) is 16.3. The van der Waals surface area contributed by atoms with E-state index in [4.69, 9.17) is 4.79 Å². The molecule has 0 aromatic heterocycles. The van der Waals surface area contributed by atoms with E-state index in [1.165, 1.54) is 32.5 Å². The van der Waals surface area contributed by atoms with Gasteiger partial charge in [0.05, 0.1) is 12.6 Å². The summed E-state index contributed by atoms with van der Waals surface area (Å²) in [5.41, 5.74) is 4.35. The number of nitrogens with zero attached hydrogens (tertiary/aromatic N) is 1. The van der Waals surface area contributed by atoms with Gasteiger partial charge in [0.1, 0.15) is 24.4 Å². The van der Waals surface area contributed by atoms with Crippen LogP contribution in [0, 0.1) is 11.8 Å². The van der Waals surface area contributed by atoms with Gasteiger partial charge in [0, 0.05) is 57.6 Å². The molecule has 0 saturated heterocycles. The molecule has 3 rings (SSSR count). The summed E-state index contributed by atoms with van der Waals surface area (Å²) in [6.07, 6.45) is 2.50. The number of thioether (sulfide) groups is 1. The van der Waals surface area contributed by atoms with Crippen LogP contribution in [0.3, 0.4) is 0 Å². The highest BCUT2D eigenvalue weighted by molar-refractivity contribution is 7.98. The van der Waals surface area contributed by atoms with Crippen molar-refractivity contribution in [1.29, 1.82) is 0 Å². The molecule has 0 radical (unpaired) electrons. The molecule has 5 atom stereocenters. The molecule has 0 saturated carbocycles. The zero-order valence-electron chi connectivity index (χ0n) is 39.3. The number of hydrogen-bond donors (Lipinski definition) is 7. The molecule has 0 fully saturated rings. The molecule has 16 heteroatoms. The number of nitrogens with one attached hydrogen (secondary N) is 6. The van der Waals surface area contributed by atoms with Gasteiger partial charge in [0.2, 0.25) is 35.4 Å². The molecule has 0 unspecified atom stereocenters. The predicted molar refractivity (Wildman–Crippen MR) is 257 cm³/mol. The quantitative estimate of drug-likeness (QED) is 0.0580. The lowest BCUT2D eigenvalue weighted by Crippen LogP contribution is -2.58. The number of carbonyl (C=O) groups is 7. The minimum atomic E-state index is -1.14. The van der Waals surface area contributed by atoms with Gasteiger partial charge in [-0.2, -0.15) is 11.8 Å². The van der Waals surface area contributed by atoms with Crippen LogP contribution in [0.15, 0.2) is 78.9 Å². The van der Waals surface area contributed by atoms with E-state index >= 15 is 0 Å². The molecule has 0 bridgehead atoms. The van der Waals surface area contributed by atoms with Crippen molar-refractivity contribution in [3.05, 3.63) is 95.6 Å². The number of aliphatic hydroxyl groups is 1. The zero-order chi connectivity index (χ0) is 48.3. The number of benzene rings is 3. The first-order valence-corrected chi connectivity index (χ1v) is 23.6. The molecule has 0 aliphatic carbocycles. The highest BCUT2D eigenvalue weighted by Gasteiger charge is 2.31. The van der Waals surface area contributed by atoms with Gasteiger partial charge in [0.15, 0.2) is 0 Å². The van der Waals surface area contributed by atoms with Crippen LogP contribution in [0.25, 0.3) is 11.1 Å². The van der Waals surface area contributed by atoms with E-state index in [0.717, 1.165) is 40.5 Å². The average molecular weight is 918 g/mol.